The number of amides is 1. The van der Waals surface area contributed by atoms with Gasteiger partial charge in [0, 0.05) is 30.6 Å². The van der Waals surface area contributed by atoms with Crippen molar-refractivity contribution in [3.05, 3.63) is 60.1 Å². The summed E-state index contributed by atoms with van der Waals surface area (Å²) in [6.45, 7) is 3.18. The molecule has 1 saturated carbocycles. The molecule has 5 heteroatoms. The number of rotatable bonds is 5. The summed E-state index contributed by atoms with van der Waals surface area (Å²) < 4.78 is 11.6. The van der Waals surface area contributed by atoms with Crippen molar-refractivity contribution in [1.82, 2.24) is 10.2 Å². The molecule has 5 nitrogen and oxygen atoms in total. The van der Waals surface area contributed by atoms with E-state index in [0.717, 1.165) is 38.3 Å². The molecule has 132 valence electrons. The number of furan rings is 1. The largest absolute Gasteiger partial charge is 0.468 e. The van der Waals surface area contributed by atoms with Crippen molar-refractivity contribution in [2.75, 3.05) is 19.7 Å². The molecule has 0 radical (unpaired) electrons. The molecule has 3 atom stereocenters. The van der Waals surface area contributed by atoms with Crippen LogP contribution in [-0.4, -0.2) is 42.6 Å². The fourth-order valence-electron chi connectivity index (χ4n) is 4.07. The van der Waals surface area contributed by atoms with E-state index in [2.05, 4.69) is 10.2 Å². The SMILES string of the molecule is O=C(NCC1CCC2C1OCCN2Cc1ccco1)c1ccccc1. The highest BCUT2D eigenvalue weighted by atomic mass is 16.5. The zero-order valence-corrected chi connectivity index (χ0v) is 14.3. The molecule has 3 unspecified atom stereocenters. The fraction of sp³-hybridized carbons (Fsp3) is 0.450. The van der Waals surface area contributed by atoms with E-state index in [0.29, 0.717) is 24.1 Å². The number of nitrogens with zero attached hydrogens (tertiary/aromatic N) is 1. The Bertz CT molecular complexity index is 686. The van der Waals surface area contributed by atoms with E-state index < -0.39 is 0 Å². The lowest BCUT2D eigenvalue weighted by molar-refractivity contribution is -0.0772. The molecule has 1 aliphatic carbocycles. The Morgan fingerprint density at radius 1 is 1.16 bits per heavy atom. The number of carbonyl (C=O) groups is 1. The number of hydrogen-bond donors (Lipinski definition) is 1. The Labute approximate surface area is 148 Å². The number of nitrogens with one attached hydrogen (secondary N) is 1. The minimum absolute atomic E-state index is 0.00713. The van der Waals surface area contributed by atoms with E-state index in [-0.39, 0.29) is 12.0 Å². The predicted molar refractivity (Wildman–Crippen MR) is 94.1 cm³/mol. The summed E-state index contributed by atoms with van der Waals surface area (Å²) in [4.78, 5) is 14.7. The minimum atomic E-state index is -0.00713. The van der Waals surface area contributed by atoms with Gasteiger partial charge in [-0.25, -0.2) is 0 Å². The molecule has 4 rings (SSSR count). The van der Waals surface area contributed by atoms with Crippen LogP contribution in [0.15, 0.2) is 53.1 Å². The molecule has 25 heavy (non-hydrogen) atoms. The number of hydrogen-bond acceptors (Lipinski definition) is 4. The van der Waals surface area contributed by atoms with Crippen molar-refractivity contribution in [1.29, 1.82) is 0 Å². The molecule has 1 aliphatic heterocycles. The average Bonchev–Trinajstić information content (AvgIpc) is 3.31. The highest BCUT2D eigenvalue weighted by molar-refractivity contribution is 5.94. The van der Waals surface area contributed by atoms with E-state index in [1.54, 1.807) is 6.26 Å². The van der Waals surface area contributed by atoms with Gasteiger partial charge < -0.3 is 14.5 Å². The van der Waals surface area contributed by atoms with Crippen LogP contribution >= 0.6 is 0 Å². The first kappa shape index (κ1) is 16.4. The van der Waals surface area contributed by atoms with Gasteiger partial charge in [-0.3, -0.25) is 9.69 Å². The summed E-state index contributed by atoms with van der Waals surface area (Å²) in [5.41, 5.74) is 0.709. The van der Waals surface area contributed by atoms with Gasteiger partial charge in [-0.15, -0.1) is 0 Å². The van der Waals surface area contributed by atoms with E-state index in [1.807, 2.05) is 42.5 Å². The zero-order valence-electron chi connectivity index (χ0n) is 14.3. The van der Waals surface area contributed by atoms with E-state index in [1.165, 1.54) is 0 Å². The number of morpholine rings is 1. The first-order valence-corrected chi connectivity index (χ1v) is 9.02. The molecule has 1 N–H and O–H groups in total. The summed E-state index contributed by atoms with van der Waals surface area (Å²) >= 11 is 0. The number of carbonyl (C=O) groups excluding carboxylic acids is 1. The van der Waals surface area contributed by atoms with Gasteiger partial charge >= 0.3 is 0 Å². The fourth-order valence-corrected chi connectivity index (χ4v) is 4.07. The van der Waals surface area contributed by atoms with Gasteiger partial charge in [0.15, 0.2) is 0 Å². The van der Waals surface area contributed by atoms with Gasteiger partial charge in [-0.2, -0.15) is 0 Å². The second-order valence-electron chi connectivity index (χ2n) is 6.87. The van der Waals surface area contributed by atoms with Gasteiger partial charge in [0.1, 0.15) is 5.76 Å². The monoisotopic (exact) mass is 340 g/mol. The summed E-state index contributed by atoms with van der Waals surface area (Å²) in [6, 6.07) is 13.7. The van der Waals surface area contributed by atoms with Crippen LogP contribution in [0.3, 0.4) is 0 Å². The Kier molecular flexibility index (Phi) is 4.85. The van der Waals surface area contributed by atoms with Gasteiger partial charge in [0.05, 0.1) is 25.5 Å². The van der Waals surface area contributed by atoms with E-state index >= 15 is 0 Å². The van der Waals surface area contributed by atoms with E-state index in [4.69, 9.17) is 9.15 Å². The molecule has 2 fully saturated rings. The molecule has 0 spiro atoms. The van der Waals surface area contributed by atoms with Crippen molar-refractivity contribution in [2.24, 2.45) is 5.92 Å². The second-order valence-corrected chi connectivity index (χ2v) is 6.87. The number of ether oxygens (including phenoxy) is 1. The summed E-state index contributed by atoms with van der Waals surface area (Å²) in [6.07, 6.45) is 4.11. The van der Waals surface area contributed by atoms with Crippen LogP contribution in [0, 0.1) is 5.92 Å². The highest BCUT2D eigenvalue weighted by Gasteiger charge is 2.42. The van der Waals surface area contributed by atoms with Crippen LogP contribution in [0.5, 0.6) is 0 Å². The lowest BCUT2D eigenvalue weighted by Gasteiger charge is -2.38. The Morgan fingerprint density at radius 2 is 2.04 bits per heavy atom. The molecule has 2 heterocycles. The highest BCUT2D eigenvalue weighted by Crippen LogP contribution is 2.35. The lowest BCUT2D eigenvalue weighted by atomic mass is 10.0. The van der Waals surface area contributed by atoms with Crippen LogP contribution in [-0.2, 0) is 11.3 Å². The topological polar surface area (TPSA) is 54.7 Å². The van der Waals surface area contributed by atoms with Crippen LogP contribution in [0.1, 0.15) is 29.0 Å². The van der Waals surface area contributed by atoms with Crippen molar-refractivity contribution in [2.45, 2.75) is 31.5 Å². The maximum Gasteiger partial charge on any atom is 0.251 e. The standard InChI is InChI=1S/C20H24N2O3/c23-20(15-5-2-1-3-6-15)21-13-16-8-9-18-19(16)25-12-10-22(18)14-17-7-4-11-24-17/h1-7,11,16,18-19H,8-10,12-14H2,(H,21,23). The maximum atomic E-state index is 12.3. The number of fused-ring (bicyclic) bond motifs is 1. The molecular weight excluding hydrogens is 316 g/mol. The van der Waals surface area contributed by atoms with Crippen molar-refractivity contribution in [3.63, 3.8) is 0 Å². The third-order valence-corrected chi connectivity index (χ3v) is 5.33. The predicted octanol–water partition coefficient (Wildman–Crippen LogP) is 2.69. The second kappa shape index (κ2) is 7.42. The molecule has 1 aromatic heterocycles. The van der Waals surface area contributed by atoms with Crippen LogP contribution in [0.25, 0.3) is 0 Å². The third-order valence-electron chi connectivity index (χ3n) is 5.33. The Morgan fingerprint density at radius 3 is 2.84 bits per heavy atom. The van der Waals surface area contributed by atoms with Crippen LogP contribution in [0.4, 0.5) is 0 Å². The van der Waals surface area contributed by atoms with Gasteiger partial charge in [-0.1, -0.05) is 18.2 Å². The smallest absolute Gasteiger partial charge is 0.251 e. The van der Waals surface area contributed by atoms with Gasteiger partial charge in [0.25, 0.3) is 5.91 Å². The quantitative estimate of drug-likeness (QED) is 0.909. The lowest BCUT2D eigenvalue weighted by Crippen LogP contribution is -2.50. The molecule has 1 saturated heterocycles. The molecule has 1 aromatic carbocycles. The molecule has 1 amide bonds. The van der Waals surface area contributed by atoms with Crippen molar-refractivity contribution in [3.8, 4) is 0 Å². The first-order chi connectivity index (χ1) is 12.3. The first-order valence-electron chi connectivity index (χ1n) is 9.02. The van der Waals surface area contributed by atoms with Crippen molar-refractivity contribution >= 4 is 5.91 Å². The third kappa shape index (κ3) is 3.62. The van der Waals surface area contributed by atoms with E-state index in [9.17, 15) is 4.79 Å². The number of benzene rings is 1. The van der Waals surface area contributed by atoms with Crippen LogP contribution in [0.2, 0.25) is 0 Å². The summed E-state index contributed by atoms with van der Waals surface area (Å²) in [5, 5.41) is 3.08. The zero-order chi connectivity index (χ0) is 17.1. The van der Waals surface area contributed by atoms with Gasteiger partial charge in [0.2, 0.25) is 0 Å². The molecule has 2 aromatic rings. The Balaban J connectivity index is 1.34. The maximum absolute atomic E-state index is 12.3. The minimum Gasteiger partial charge on any atom is -0.468 e. The Hall–Kier alpha value is -2.11. The average molecular weight is 340 g/mol. The summed E-state index contributed by atoms with van der Waals surface area (Å²) in [5.74, 6) is 1.37. The van der Waals surface area contributed by atoms with Crippen LogP contribution < -0.4 is 5.32 Å². The molecule has 0 bridgehead atoms. The van der Waals surface area contributed by atoms with Crippen molar-refractivity contribution < 1.29 is 13.9 Å². The summed E-state index contributed by atoms with van der Waals surface area (Å²) in [7, 11) is 0. The molecular formula is C20H24N2O3. The van der Waals surface area contributed by atoms with Gasteiger partial charge in [-0.05, 0) is 37.1 Å². The normalized spacial score (nSPS) is 26.3. The molecule has 2 aliphatic rings.